The molecule has 34 heavy (non-hydrogen) atoms. The summed E-state index contributed by atoms with van der Waals surface area (Å²) in [5.41, 5.74) is 3.05. The first-order valence-corrected chi connectivity index (χ1v) is 10.7. The van der Waals surface area contributed by atoms with Gasteiger partial charge in [-0.3, -0.25) is 9.59 Å². The van der Waals surface area contributed by atoms with E-state index in [1.165, 1.54) is 10.5 Å². The number of anilines is 1. The maximum absolute atomic E-state index is 13.2. The minimum atomic E-state index is -0.252. The Labute approximate surface area is 195 Å². The molecule has 0 atom stereocenters. The first-order chi connectivity index (χ1) is 16.6. The van der Waals surface area contributed by atoms with Crippen molar-refractivity contribution >= 4 is 28.4 Å². The van der Waals surface area contributed by atoms with E-state index in [-0.39, 0.29) is 18.0 Å². The topological polar surface area (TPSA) is 86.9 Å². The number of hydrogen-bond donors (Lipinski definition) is 1. The molecule has 0 unspecified atom stereocenters. The van der Waals surface area contributed by atoms with Crippen LogP contribution in [0.5, 0.6) is 11.5 Å². The van der Waals surface area contributed by atoms with E-state index < -0.39 is 0 Å². The number of nitrogens with zero attached hydrogens (tertiary/aromatic N) is 3. The van der Waals surface area contributed by atoms with Gasteiger partial charge in [-0.05, 0) is 36.4 Å². The lowest BCUT2D eigenvalue weighted by Gasteiger charge is -2.09. The van der Waals surface area contributed by atoms with Crippen molar-refractivity contribution in [3.63, 3.8) is 0 Å². The molecule has 1 N–H and O–H groups in total. The number of benzene rings is 3. The van der Waals surface area contributed by atoms with E-state index in [0.717, 1.165) is 11.1 Å². The number of aromatic nitrogens is 3. The molecule has 1 amide bonds. The predicted octanol–water partition coefficient (Wildman–Crippen LogP) is 3.97. The molecule has 0 aliphatic rings. The third-order valence-electron chi connectivity index (χ3n) is 5.58. The van der Waals surface area contributed by atoms with Crippen molar-refractivity contribution < 1.29 is 14.3 Å². The standard InChI is InChI=1S/C26H22N4O4/c1-33-19-9-5-7-17(13-19)21-15-25(32)30-23-12-4-3-11-22(23)29(26(30)28-21)16-24(31)27-18-8-6-10-20(14-18)34-2/h3-15H,16H2,1-2H3,(H,27,31). The Balaban J connectivity index is 1.61. The number of carbonyl (C=O) groups is 1. The monoisotopic (exact) mass is 454 g/mol. The fourth-order valence-electron chi connectivity index (χ4n) is 4.00. The summed E-state index contributed by atoms with van der Waals surface area (Å²) in [5.74, 6) is 1.44. The van der Waals surface area contributed by atoms with Crippen LogP contribution in [0.4, 0.5) is 5.69 Å². The average molecular weight is 454 g/mol. The lowest BCUT2D eigenvalue weighted by molar-refractivity contribution is -0.116. The summed E-state index contributed by atoms with van der Waals surface area (Å²) in [7, 11) is 3.16. The van der Waals surface area contributed by atoms with E-state index in [2.05, 4.69) is 5.32 Å². The van der Waals surface area contributed by atoms with Crippen LogP contribution in [0, 0.1) is 0 Å². The molecule has 0 spiro atoms. The van der Waals surface area contributed by atoms with Gasteiger partial charge in [0.1, 0.15) is 18.0 Å². The normalized spacial score (nSPS) is 11.0. The van der Waals surface area contributed by atoms with E-state index in [1.807, 2.05) is 48.5 Å². The Morgan fingerprint density at radius 3 is 2.35 bits per heavy atom. The van der Waals surface area contributed by atoms with Gasteiger partial charge in [0.15, 0.2) is 0 Å². The van der Waals surface area contributed by atoms with Gasteiger partial charge in [0.05, 0.1) is 30.9 Å². The van der Waals surface area contributed by atoms with Crippen LogP contribution in [0.1, 0.15) is 0 Å². The molecule has 0 fully saturated rings. The van der Waals surface area contributed by atoms with Crippen molar-refractivity contribution in [1.82, 2.24) is 14.0 Å². The van der Waals surface area contributed by atoms with Gasteiger partial charge in [0, 0.05) is 23.4 Å². The zero-order valence-corrected chi connectivity index (χ0v) is 18.7. The smallest absolute Gasteiger partial charge is 0.260 e. The molecule has 170 valence electrons. The molecule has 0 saturated heterocycles. The van der Waals surface area contributed by atoms with Crippen molar-refractivity contribution in [2.75, 3.05) is 19.5 Å². The number of fused-ring (bicyclic) bond motifs is 3. The zero-order valence-electron chi connectivity index (χ0n) is 18.7. The minimum Gasteiger partial charge on any atom is -0.497 e. The SMILES string of the molecule is COc1cccc(NC(=O)Cn2c3ccccc3n3c(=O)cc(-c4cccc(OC)c4)nc23)c1. The fourth-order valence-corrected chi connectivity index (χ4v) is 4.00. The third kappa shape index (κ3) is 3.86. The van der Waals surface area contributed by atoms with E-state index in [4.69, 9.17) is 14.5 Å². The fraction of sp³-hybridized carbons (Fsp3) is 0.115. The Morgan fingerprint density at radius 2 is 1.59 bits per heavy atom. The summed E-state index contributed by atoms with van der Waals surface area (Å²) in [4.78, 5) is 30.9. The van der Waals surface area contributed by atoms with Gasteiger partial charge in [0.25, 0.3) is 5.56 Å². The third-order valence-corrected chi connectivity index (χ3v) is 5.58. The van der Waals surface area contributed by atoms with Crippen molar-refractivity contribution in [3.8, 4) is 22.8 Å². The van der Waals surface area contributed by atoms with Gasteiger partial charge in [-0.15, -0.1) is 0 Å². The summed E-state index contributed by atoms with van der Waals surface area (Å²) in [6, 6.07) is 23.4. The molecule has 0 aliphatic carbocycles. The lowest BCUT2D eigenvalue weighted by Crippen LogP contribution is -2.20. The number of rotatable bonds is 6. The van der Waals surface area contributed by atoms with Crippen molar-refractivity contribution in [2.45, 2.75) is 6.54 Å². The second-order valence-electron chi connectivity index (χ2n) is 7.70. The number of ether oxygens (including phenoxy) is 2. The highest BCUT2D eigenvalue weighted by atomic mass is 16.5. The predicted molar refractivity (Wildman–Crippen MR) is 131 cm³/mol. The first-order valence-electron chi connectivity index (χ1n) is 10.7. The van der Waals surface area contributed by atoms with Crippen LogP contribution in [0.2, 0.25) is 0 Å². The summed E-state index contributed by atoms with van der Waals surface area (Å²) in [5, 5.41) is 2.89. The number of imidazole rings is 1. The summed E-state index contributed by atoms with van der Waals surface area (Å²) in [6.07, 6.45) is 0. The highest BCUT2D eigenvalue weighted by molar-refractivity contribution is 5.93. The number of amides is 1. The van der Waals surface area contributed by atoms with Crippen LogP contribution in [0.25, 0.3) is 28.1 Å². The van der Waals surface area contributed by atoms with Gasteiger partial charge in [-0.25, -0.2) is 9.38 Å². The van der Waals surface area contributed by atoms with Crippen LogP contribution in [-0.4, -0.2) is 34.1 Å². The quantitative estimate of drug-likeness (QED) is 0.420. The molecule has 2 aromatic heterocycles. The number of nitrogens with one attached hydrogen (secondary N) is 1. The highest BCUT2D eigenvalue weighted by Crippen LogP contribution is 2.24. The summed E-state index contributed by atoms with van der Waals surface area (Å²) < 4.78 is 13.8. The number of carbonyl (C=O) groups excluding carboxylic acids is 1. The van der Waals surface area contributed by atoms with E-state index in [9.17, 15) is 9.59 Å². The van der Waals surface area contributed by atoms with Crippen LogP contribution in [0.15, 0.2) is 83.7 Å². The van der Waals surface area contributed by atoms with Gasteiger partial charge >= 0.3 is 0 Å². The van der Waals surface area contributed by atoms with Gasteiger partial charge in [-0.2, -0.15) is 0 Å². The Kier molecular flexibility index (Phi) is 5.47. The van der Waals surface area contributed by atoms with Crippen LogP contribution < -0.4 is 20.3 Å². The van der Waals surface area contributed by atoms with Crippen molar-refractivity contribution in [3.05, 3.63) is 89.2 Å². The maximum Gasteiger partial charge on any atom is 0.260 e. The average Bonchev–Trinajstić information content (AvgIpc) is 3.18. The summed E-state index contributed by atoms with van der Waals surface area (Å²) in [6.45, 7) is -0.0256. The molecule has 5 aromatic rings. The number of methoxy groups -OCH3 is 2. The van der Waals surface area contributed by atoms with Gasteiger partial charge < -0.3 is 19.4 Å². The van der Waals surface area contributed by atoms with E-state index in [1.54, 1.807) is 43.1 Å². The van der Waals surface area contributed by atoms with E-state index >= 15 is 0 Å². The number of para-hydroxylation sites is 2. The van der Waals surface area contributed by atoms with E-state index in [0.29, 0.717) is 34.2 Å². The van der Waals surface area contributed by atoms with Crippen LogP contribution in [-0.2, 0) is 11.3 Å². The highest BCUT2D eigenvalue weighted by Gasteiger charge is 2.17. The molecule has 5 rings (SSSR count). The second kappa shape index (κ2) is 8.74. The molecule has 2 heterocycles. The number of hydrogen-bond acceptors (Lipinski definition) is 5. The van der Waals surface area contributed by atoms with Crippen LogP contribution in [0.3, 0.4) is 0 Å². The van der Waals surface area contributed by atoms with Crippen molar-refractivity contribution in [2.24, 2.45) is 0 Å². The lowest BCUT2D eigenvalue weighted by atomic mass is 10.1. The second-order valence-corrected chi connectivity index (χ2v) is 7.70. The maximum atomic E-state index is 13.2. The molecule has 0 radical (unpaired) electrons. The zero-order chi connectivity index (χ0) is 23.7. The van der Waals surface area contributed by atoms with Gasteiger partial charge in [0.2, 0.25) is 11.7 Å². The van der Waals surface area contributed by atoms with Crippen LogP contribution >= 0.6 is 0 Å². The Morgan fingerprint density at radius 1 is 0.882 bits per heavy atom. The molecule has 0 bridgehead atoms. The molecule has 8 nitrogen and oxygen atoms in total. The minimum absolute atomic E-state index is 0.0256. The summed E-state index contributed by atoms with van der Waals surface area (Å²) >= 11 is 0. The molecule has 0 saturated carbocycles. The van der Waals surface area contributed by atoms with Crippen molar-refractivity contribution in [1.29, 1.82) is 0 Å². The first kappa shape index (κ1) is 21.3. The molecule has 0 aliphatic heterocycles. The van der Waals surface area contributed by atoms with Gasteiger partial charge in [-0.1, -0.05) is 30.3 Å². The molecular formula is C26H22N4O4. The molecule has 3 aromatic carbocycles. The Bertz CT molecular complexity index is 1590. The largest absolute Gasteiger partial charge is 0.497 e. The molecule has 8 heteroatoms. The Hall–Kier alpha value is -4.59. The molecular weight excluding hydrogens is 432 g/mol.